The van der Waals surface area contributed by atoms with E-state index in [-0.39, 0.29) is 43.6 Å². The summed E-state index contributed by atoms with van der Waals surface area (Å²) in [5.41, 5.74) is 5.76. The fraction of sp³-hybridized carbons (Fsp3) is 0.621. The summed E-state index contributed by atoms with van der Waals surface area (Å²) in [5, 5.41) is 36.9. The number of hydrogen-bond donors (Lipinski definition) is 7. The van der Waals surface area contributed by atoms with Crippen LogP contribution in [0.15, 0.2) is 28.4 Å². The van der Waals surface area contributed by atoms with Crippen LogP contribution in [0.5, 0.6) is 0 Å². The highest BCUT2D eigenvalue weighted by atomic mass is 16.6. The minimum Gasteiger partial charge on any atom is -0.390 e. The Bertz CT molecular complexity index is 1670. The molecule has 0 aromatic carbocycles. The highest BCUT2D eigenvalue weighted by Crippen LogP contribution is 2.32. The van der Waals surface area contributed by atoms with Gasteiger partial charge in [-0.2, -0.15) is 0 Å². The molecule has 8 N–H and O–H groups in total. The Morgan fingerprint density at radius 1 is 0.936 bits per heavy atom. The predicted molar refractivity (Wildman–Crippen MR) is 165 cm³/mol. The van der Waals surface area contributed by atoms with E-state index in [4.69, 9.17) is 15.2 Å². The molecule has 5 heterocycles. The van der Waals surface area contributed by atoms with E-state index in [1.165, 1.54) is 28.0 Å². The second-order valence-electron chi connectivity index (χ2n) is 11.9. The van der Waals surface area contributed by atoms with Crippen LogP contribution in [0.3, 0.4) is 0 Å². The standard InChI is InChI=1S/C29H41N9O9/c1-15-12-37(29(45)36-27(15)44)21-9-16(39)17(46-21)10-31-19(40)7-5-3-2-4-6-8-20(41)32-11-18-23(42)24(43)28(47-18)38-14-35-22-25(30)33-13-34-26(22)38/h12-14,16-18,21,23-24,28,39,42-43H,2-11H2,1H3,(H,31,40)(H,32,41)(H2,30,33,34)(H,36,44,45)/t16-,17+,18+,21+,23+,24+,28+/m0/s1. The van der Waals surface area contributed by atoms with Crippen LogP contribution in [0, 0.1) is 6.92 Å². The maximum absolute atomic E-state index is 12.4. The van der Waals surface area contributed by atoms with Gasteiger partial charge in [0.25, 0.3) is 5.56 Å². The Labute approximate surface area is 268 Å². The lowest BCUT2D eigenvalue weighted by Crippen LogP contribution is -2.39. The van der Waals surface area contributed by atoms with Gasteiger partial charge in [-0.05, 0) is 19.8 Å². The van der Waals surface area contributed by atoms with Crippen LogP contribution in [-0.2, 0) is 19.1 Å². The zero-order valence-electron chi connectivity index (χ0n) is 25.9. The summed E-state index contributed by atoms with van der Waals surface area (Å²) in [5.74, 6) is -0.201. The first kappa shape index (κ1) is 34.1. The van der Waals surface area contributed by atoms with Crippen molar-refractivity contribution in [1.29, 1.82) is 0 Å². The van der Waals surface area contributed by atoms with Crippen molar-refractivity contribution in [3.8, 4) is 0 Å². The van der Waals surface area contributed by atoms with Gasteiger partial charge in [-0.15, -0.1) is 0 Å². The number of hydrogen-bond acceptors (Lipinski definition) is 13. The summed E-state index contributed by atoms with van der Waals surface area (Å²) in [6.07, 6.45) is 1.93. The molecule has 0 aliphatic carbocycles. The highest BCUT2D eigenvalue weighted by Gasteiger charge is 2.44. The third-order valence-electron chi connectivity index (χ3n) is 8.47. The van der Waals surface area contributed by atoms with Crippen molar-refractivity contribution in [3.63, 3.8) is 0 Å². The maximum atomic E-state index is 12.4. The first-order chi connectivity index (χ1) is 22.5. The molecular formula is C29H41N9O9. The molecule has 0 spiro atoms. The van der Waals surface area contributed by atoms with E-state index in [1.807, 2.05) is 0 Å². The molecule has 47 heavy (non-hydrogen) atoms. The summed E-state index contributed by atoms with van der Waals surface area (Å²) in [6.45, 7) is 1.68. The maximum Gasteiger partial charge on any atom is 0.330 e. The number of nitrogens with zero attached hydrogens (tertiary/aromatic N) is 5. The Morgan fingerprint density at radius 3 is 2.30 bits per heavy atom. The Balaban J connectivity index is 0.924. The van der Waals surface area contributed by atoms with E-state index in [9.17, 15) is 34.5 Å². The van der Waals surface area contributed by atoms with Crippen LogP contribution in [0.25, 0.3) is 11.2 Å². The van der Waals surface area contributed by atoms with Gasteiger partial charge in [0, 0.05) is 44.1 Å². The fourth-order valence-corrected chi connectivity index (χ4v) is 5.76. The third kappa shape index (κ3) is 8.02. The van der Waals surface area contributed by atoms with Crippen molar-refractivity contribution in [2.45, 2.75) is 101 Å². The number of carbonyl (C=O) groups excluding carboxylic acids is 2. The van der Waals surface area contributed by atoms with Crippen LogP contribution in [-0.4, -0.2) is 99.8 Å². The van der Waals surface area contributed by atoms with Crippen LogP contribution >= 0.6 is 0 Å². The lowest BCUT2D eigenvalue weighted by Gasteiger charge is -2.17. The van der Waals surface area contributed by atoms with Gasteiger partial charge in [0.1, 0.15) is 42.5 Å². The number of rotatable bonds is 14. The van der Waals surface area contributed by atoms with Crippen molar-refractivity contribution in [2.24, 2.45) is 0 Å². The number of amides is 2. The number of aryl methyl sites for hydroxylation is 1. The SMILES string of the molecule is Cc1cn([C@H]2C[C@H](O)[C@@H](CNC(=O)CCCCCCCC(=O)NC[C@H]3O[C@@H](n4cnc5c(N)ncnc54)[C@H](O)[C@@H]3O)O2)c(=O)[nH]c1=O. The van der Waals surface area contributed by atoms with Crippen molar-refractivity contribution in [1.82, 2.24) is 39.7 Å². The van der Waals surface area contributed by atoms with Gasteiger partial charge in [-0.3, -0.25) is 28.5 Å². The number of imidazole rings is 1. The molecule has 2 saturated heterocycles. The molecule has 18 nitrogen and oxygen atoms in total. The topological polar surface area (TPSA) is 262 Å². The molecule has 2 aliphatic rings. The quantitative estimate of drug-likeness (QED) is 0.0973. The minimum absolute atomic E-state index is 0.0152. The number of aromatic amines is 1. The van der Waals surface area contributed by atoms with Gasteiger partial charge < -0.3 is 41.2 Å². The van der Waals surface area contributed by atoms with Gasteiger partial charge in [0.15, 0.2) is 17.7 Å². The predicted octanol–water partition coefficient (Wildman–Crippen LogP) is -1.50. The molecule has 7 atom stereocenters. The molecule has 5 rings (SSSR count). The number of nitrogens with one attached hydrogen (secondary N) is 3. The normalized spacial score (nSPS) is 25.7. The molecule has 256 valence electrons. The number of nitrogen functional groups attached to an aromatic ring is 1. The molecule has 0 radical (unpaired) electrons. The van der Waals surface area contributed by atoms with Gasteiger partial charge in [0.05, 0.1) is 12.4 Å². The van der Waals surface area contributed by atoms with Crippen LogP contribution in [0.4, 0.5) is 5.82 Å². The highest BCUT2D eigenvalue weighted by molar-refractivity contribution is 5.81. The average molecular weight is 660 g/mol. The Kier molecular flexibility index (Phi) is 11.0. The van der Waals surface area contributed by atoms with Crippen LogP contribution in [0.1, 0.15) is 69.4 Å². The molecule has 0 unspecified atom stereocenters. The van der Waals surface area contributed by atoms with Gasteiger partial charge in [-0.1, -0.05) is 19.3 Å². The largest absolute Gasteiger partial charge is 0.390 e. The average Bonchev–Trinajstić information content (AvgIpc) is 3.72. The number of aliphatic hydroxyl groups is 3. The van der Waals surface area contributed by atoms with Crippen LogP contribution in [0.2, 0.25) is 0 Å². The van der Waals surface area contributed by atoms with E-state index >= 15 is 0 Å². The van der Waals surface area contributed by atoms with Crippen molar-refractivity contribution in [2.75, 3.05) is 18.8 Å². The number of fused-ring (bicyclic) bond motifs is 1. The number of nitrogens with two attached hydrogens (primary N) is 1. The minimum atomic E-state index is -1.27. The summed E-state index contributed by atoms with van der Waals surface area (Å²) in [7, 11) is 0. The lowest BCUT2D eigenvalue weighted by molar-refractivity contribution is -0.123. The van der Waals surface area contributed by atoms with E-state index < -0.39 is 54.2 Å². The van der Waals surface area contributed by atoms with E-state index in [2.05, 4.69) is 30.6 Å². The molecule has 2 fully saturated rings. The van der Waals surface area contributed by atoms with Crippen molar-refractivity contribution >= 4 is 28.8 Å². The number of H-pyrrole nitrogens is 1. The van der Waals surface area contributed by atoms with Gasteiger partial charge in [0.2, 0.25) is 11.8 Å². The second-order valence-corrected chi connectivity index (χ2v) is 11.9. The molecule has 0 bridgehead atoms. The monoisotopic (exact) mass is 659 g/mol. The summed E-state index contributed by atoms with van der Waals surface area (Å²) in [6, 6.07) is 0. The number of anilines is 1. The molecule has 18 heteroatoms. The second kappa shape index (κ2) is 15.1. The Hall–Kier alpha value is -4.23. The zero-order valence-corrected chi connectivity index (χ0v) is 25.9. The summed E-state index contributed by atoms with van der Waals surface area (Å²) >= 11 is 0. The molecule has 0 saturated carbocycles. The fourth-order valence-electron chi connectivity index (χ4n) is 5.76. The number of ether oxygens (including phenoxy) is 2. The first-order valence-electron chi connectivity index (χ1n) is 15.7. The van der Waals surface area contributed by atoms with Crippen LogP contribution < -0.4 is 27.6 Å². The zero-order chi connectivity index (χ0) is 33.7. The van der Waals surface area contributed by atoms with E-state index in [0.29, 0.717) is 36.0 Å². The molecule has 2 amide bonds. The van der Waals surface area contributed by atoms with Crippen molar-refractivity contribution in [3.05, 3.63) is 45.3 Å². The third-order valence-corrected chi connectivity index (χ3v) is 8.47. The first-order valence-corrected chi connectivity index (χ1v) is 15.7. The molecule has 3 aromatic heterocycles. The summed E-state index contributed by atoms with van der Waals surface area (Å²) in [4.78, 5) is 62.8. The summed E-state index contributed by atoms with van der Waals surface area (Å²) < 4.78 is 14.3. The number of aliphatic hydroxyl groups excluding tert-OH is 3. The molecule has 2 aliphatic heterocycles. The van der Waals surface area contributed by atoms with E-state index in [0.717, 1.165) is 19.3 Å². The van der Waals surface area contributed by atoms with Gasteiger partial charge >= 0.3 is 5.69 Å². The van der Waals surface area contributed by atoms with Crippen molar-refractivity contribution < 1.29 is 34.4 Å². The number of aromatic nitrogens is 6. The molecular weight excluding hydrogens is 618 g/mol. The van der Waals surface area contributed by atoms with E-state index in [1.54, 1.807) is 6.92 Å². The smallest absolute Gasteiger partial charge is 0.330 e. The lowest BCUT2D eigenvalue weighted by atomic mass is 10.1. The number of unbranched alkanes of at least 4 members (excludes halogenated alkanes) is 4. The number of carbonyl (C=O) groups is 2. The Morgan fingerprint density at radius 2 is 1.60 bits per heavy atom. The van der Waals surface area contributed by atoms with Gasteiger partial charge in [-0.25, -0.2) is 19.7 Å². The molecule has 3 aromatic rings.